The van der Waals surface area contributed by atoms with Crippen molar-refractivity contribution in [3.8, 4) is 17.2 Å². The number of nitrogens with one attached hydrogen (secondary N) is 1. The van der Waals surface area contributed by atoms with Gasteiger partial charge in [0.05, 0.1) is 12.2 Å². The SMILES string of the molecule is COC1(OC)CC[C@@]2(OCC3CC3)[C@H]3Cc4c(cc(OCc5ccccc5)c5c4O5)[C@@]2(CCN3)C1. The maximum atomic E-state index is 7.07. The molecule has 0 amide bonds. The minimum atomic E-state index is -0.609. The molecule has 3 atom stereocenters. The Morgan fingerprint density at radius 1 is 1.03 bits per heavy atom. The molecule has 6 nitrogen and oxygen atoms in total. The highest BCUT2D eigenvalue weighted by atomic mass is 16.7. The zero-order chi connectivity index (χ0) is 23.7. The Balaban J connectivity index is 1.32. The number of hydrogen-bond donors (Lipinski definition) is 1. The fourth-order valence-corrected chi connectivity index (χ4v) is 7.25. The Kier molecular flexibility index (Phi) is 5.01. The van der Waals surface area contributed by atoms with Crippen LogP contribution >= 0.6 is 0 Å². The molecule has 0 aromatic heterocycles. The molecular weight excluding hydrogens is 442 g/mol. The molecule has 3 fully saturated rings. The van der Waals surface area contributed by atoms with Gasteiger partial charge in [-0.15, -0.1) is 0 Å². The number of methoxy groups -OCH3 is 2. The number of piperidine rings is 1. The first kappa shape index (κ1) is 22.1. The second-order valence-electron chi connectivity index (χ2n) is 11.1. The van der Waals surface area contributed by atoms with Gasteiger partial charge in [-0.3, -0.25) is 0 Å². The van der Waals surface area contributed by atoms with Gasteiger partial charge in [-0.1, -0.05) is 30.3 Å². The Bertz CT molecular complexity index is 1130. The summed E-state index contributed by atoms with van der Waals surface area (Å²) in [4.78, 5) is 0. The van der Waals surface area contributed by atoms with Crippen molar-refractivity contribution in [3.63, 3.8) is 0 Å². The van der Waals surface area contributed by atoms with E-state index in [9.17, 15) is 0 Å². The third-order valence-electron chi connectivity index (χ3n) is 9.41. The van der Waals surface area contributed by atoms with Crippen LogP contribution in [0.3, 0.4) is 0 Å². The summed E-state index contributed by atoms with van der Waals surface area (Å²) >= 11 is 0. The van der Waals surface area contributed by atoms with Gasteiger partial charge in [-0.05, 0) is 61.8 Å². The highest BCUT2D eigenvalue weighted by Gasteiger charge is 2.68. The molecule has 2 saturated carbocycles. The van der Waals surface area contributed by atoms with Crippen molar-refractivity contribution in [1.29, 1.82) is 0 Å². The van der Waals surface area contributed by atoms with Gasteiger partial charge >= 0.3 is 0 Å². The standard InChI is InChI=1S/C29H35NO5/c1-31-28(32-2)10-11-29(34-17-20-8-9-20)24-14-21-22(27(29,18-28)12-13-30-24)15-23(26-25(21)35-26)33-16-19-6-4-3-5-7-19/h3-7,15,20,24,30H,8-14,16-18H2,1-2H3/t24-,27-,29-/m1/s1. The van der Waals surface area contributed by atoms with E-state index in [2.05, 4.69) is 23.5 Å². The van der Waals surface area contributed by atoms with Crippen LogP contribution in [0.15, 0.2) is 36.4 Å². The highest BCUT2D eigenvalue weighted by Crippen LogP contribution is 2.67. The summed E-state index contributed by atoms with van der Waals surface area (Å²) in [6, 6.07) is 12.8. The summed E-state index contributed by atoms with van der Waals surface area (Å²) in [6.45, 7) is 2.33. The van der Waals surface area contributed by atoms with Gasteiger partial charge < -0.3 is 29.0 Å². The van der Waals surface area contributed by atoms with E-state index in [1.165, 1.54) is 24.0 Å². The summed E-state index contributed by atoms with van der Waals surface area (Å²) in [5.74, 6) is 2.86. The third-order valence-corrected chi connectivity index (χ3v) is 9.41. The molecule has 2 aliphatic heterocycles. The van der Waals surface area contributed by atoms with Gasteiger partial charge in [-0.25, -0.2) is 0 Å². The summed E-state index contributed by atoms with van der Waals surface area (Å²) in [5.41, 5.74) is 3.29. The lowest BCUT2D eigenvalue weighted by molar-refractivity contribution is -0.283. The van der Waals surface area contributed by atoms with Crippen LogP contribution in [0.2, 0.25) is 0 Å². The van der Waals surface area contributed by atoms with E-state index in [0.29, 0.717) is 12.5 Å². The molecule has 6 heteroatoms. The van der Waals surface area contributed by atoms with Crippen LogP contribution in [0.5, 0.6) is 17.2 Å². The normalized spacial score (nSPS) is 31.5. The molecule has 3 aliphatic carbocycles. The number of hydrogen-bond acceptors (Lipinski definition) is 6. The molecule has 35 heavy (non-hydrogen) atoms. The van der Waals surface area contributed by atoms with Crippen LogP contribution in [0.1, 0.15) is 55.2 Å². The fraction of sp³-hybridized carbons (Fsp3) is 0.586. The van der Waals surface area contributed by atoms with Crippen molar-refractivity contribution in [3.05, 3.63) is 53.1 Å². The molecule has 0 unspecified atom stereocenters. The zero-order valence-electron chi connectivity index (χ0n) is 20.7. The van der Waals surface area contributed by atoms with Gasteiger partial charge in [0.15, 0.2) is 17.3 Å². The summed E-state index contributed by atoms with van der Waals surface area (Å²) in [6.07, 6.45) is 7.00. The minimum absolute atomic E-state index is 0.221. The molecule has 2 aromatic carbocycles. The monoisotopic (exact) mass is 477 g/mol. The maximum Gasteiger partial charge on any atom is 0.212 e. The molecule has 1 N–H and O–H groups in total. The fourth-order valence-electron chi connectivity index (χ4n) is 7.25. The Hall–Kier alpha value is -2.12. The lowest BCUT2D eigenvalue weighted by atomic mass is 9.48. The van der Waals surface area contributed by atoms with E-state index in [4.69, 9.17) is 23.7 Å². The molecule has 2 aromatic rings. The van der Waals surface area contributed by atoms with Crippen molar-refractivity contribution in [2.24, 2.45) is 5.92 Å². The number of ether oxygens (including phenoxy) is 5. The molecular formula is C29H35NO5. The summed E-state index contributed by atoms with van der Waals surface area (Å²) < 4.78 is 31.7. The van der Waals surface area contributed by atoms with Crippen molar-refractivity contribution >= 4 is 0 Å². The van der Waals surface area contributed by atoms with Gasteiger partial charge in [0.25, 0.3) is 0 Å². The quantitative estimate of drug-likeness (QED) is 0.369. The van der Waals surface area contributed by atoms with Gasteiger partial charge in [-0.2, -0.15) is 0 Å². The highest BCUT2D eigenvalue weighted by molar-refractivity contribution is 5.72. The zero-order valence-corrected chi connectivity index (χ0v) is 20.7. The molecule has 0 spiro atoms. The van der Waals surface area contributed by atoms with E-state index in [1.807, 2.05) is 18.2 Å². The molecule has 2 bridgehead atoms. The summed E-state index contributed by atoms with van der Waals surface area (Å²) in [7, 11) is 3.56. The predicted molar refractivity (Wildman–Crippen MR) is 131 cm³/mol. The molecule has 2 heterocycles. The first-order valence-corrected chi connectivity index (χ1v) is 13.1. The predicted octanol–water partition coefficient (Wildman–Crippen LogP) is 4.87. The van der Waals surface area contributed by atoms with Crippen LogP contribution < -0.4 is 14.8 Å². The lowest BCUT2D eigenvalue weighted by Crippen LogP contribution is -2.75. The van der Waals surface area contributed by atoms with Crippen molar-refractivity contribution in [2.75, 3.05) is 27.4 Å². The molecule has 0 radical (unpaired) electrons. The van der Waals surface area contributed by atoms with Gasteiger partial charge in [0.1, 0.15) is 6.61 Å². The largest absolute Gasteiger partial charge is 0.485 e. The second-order valence-corrected chi connectivity index (χ2v) is 11.1. The third kappa shape index (κ3) is 3.30. The Morgan fingerprint density at radius 3 is 2.63 bits per heavy atom. The maximum absolute atomic E-state index is 7.07. The molecule has 1 saturated heterocycles. The van der Waals surface area contributed by atoms with Crippen LogP contribution in [0.4, 0.5) is 0 Å². The number of rotatable bonds is 8. The van der Waals surface area contributed by atoms with Crippen LogP contribution in [0, 0.1) is 5.92 Å². The van der Waals surface area contributed by atoms with Gasteiger partial charge in [0, 0.05) is 44.1 Å². The van der Waals surface area contributed by atoms with Crippen LogP contribution in [0.25, 0.3) is 0 Å². The van der Waals surface area contributed by atoms with Crippen molar-refractivity contribution < 1.29 is 23.7 Å². The average Bonchev–Trinajstić information content (AvgIpc) is 3.81. The minimum Gasteiger partial charge on any atom is -0.485 e. The second kappa shape index (κ2) is 7.94. The number of fused-ring (bicyclic) bond motifs is 3. The van der Waals surface area contributed by atoms with E-state index < -0.39 is 5.79 Å². The molecule has 186 valence electrons. The Morgan fingerprint density at radius 2 is 1.86 bits per heavy atom. The van der Waals surface area contributed by atoms with Crippen molar-refractivity contribution in [2.45, 2.75) is 74.4 Å². The van der Waals surface area contributed by atoms with Crippen molar-refractivity contribution in [1.82, 2.24) is 5.32 Å². The molecule has 5 aliphatic rings. The van der Waals surface area contributed by atoms with E-state index in [0.717, 1.165) is 68.1 Å². The number of benzene rings is 2. The lowest BCUT2D eigenvalue weighted by Gasteiger charge is -2.65. The Labute approximate surface area is 207 Å². The average molecular weight is 478 g/mol. The van der Waals surface area contributed by atoms with E-state index in [-0.39, 0.29) is 17.1 Å². The van der Waals surface area contributed by atoms with E-state index >= 15 is 0 Å². The smallest absolute Gasteiger partial charge is 0.212 e. The van der Waals surface area contributed by atoms with E-state index in [1.54, 1.807) is 14.2 Å². The molecule has 7 rings (SSSR count). The summed E-state index contributed by atoms with van der Waals surface area (Å²) in [5, 5.41) is 3.85. The first-order valence-electron chi connectivity index (χ1n) is 13.1. The van der Waals surface area contributed by atoms with Crippen LogP contribution in [-0.2, 0) is 32.7 Å². The topological polar surface area (TPSA) is 61.5 Å². The first-order chi connectivity index (χ1) is 17.1. The van der Waals surface area contributed by atoms with Gasteiger partial charge in [0.2, 0.25) is 5.75 Å². The van der Waals surface area contributed by atoms with Crippen LogP contribution in [-0.4, -0.2) is 44.8 Å².